The van der Waals surface area contributed by atoms with Crippen molar-refractivity contribution in [3.63, 3.8) is 0 Å². The summed E-state index contributed by atoms with van der Waals surface area (Å²) in [5.41, 5.74) is 1.57. The molecule has 0 saturated carbocycles. The molecule has 0 aliphatic rings. The Morgan fingerprint density at radius 1 is 0.964 bits per heavy atom. The van der Waals surface area contributed by atoms with Gasteiger partial charge >= 0.3 is 0 Å². The van der Waals surface area contributed by atoms with Crippen LogP contribution in [0, 0.1) is 0 Å². The molecule has 2 N–H and O–H groups in total. The molecule has 4 aromatic rings. The van der Waals surface area contributed by atoms with E-state index in [1.165, 1.54) is 0 Å². The molecule has 0 aliphatic heterocycles. The number of furan rings is 1. The zero-order valence-electron chi connectivity index (χ0n) is 15.6. The largest absolute Gasteiger partial charge is 0.497 e. The maximum Gasteiger partial charge on any atom is 0.229 e. The van der Waals surface area contributed by atoms with Crippen LogP contribution in [0.25, 0.3) is 10.9 Å². The zero-order valence-corrected chi connectivity index (χ0v) is 15.6. The average Bonchev–Trinajstić information content (AvgIpc) is 3.26. The molecule has 0 atom stereocenters. The smallest absolute Gasteiger partial charge is 0.229 e. The third-order valence-corrected chi connectivity index (χ3v) is 4.27. The molecule has 2 heterocycles. The van der Waals surface area contributed by atoms with Crippen molar-refractivity contribution in [1.82, 2.24) is 9.97 Å². The summed E-state index contributed by atoms with van der Waals surface area (Å²) in [4.78, 5) is 9.27. The summed E-state index contributed by atoms with van der Waals surface area (Å²) in [6.07, 6.45) is 1.65. The highest BCUT2D eigenvalue weighted by molar-refractivity contribution is 5.90. The molecule has 0 aliphatic carbocycles. The Hall–Kier alpha value is -3.74. The highest BCUT2D eigenvalue weighted by Gasteiger charge is 2.11. The summed E-state index contributed by atoms with van der Waals surface area (Å²) in [5.74, 6) is 3.36. The van der Waals surface area contributed by atoms with E-state index in [-0.39, 0.29) is 0 Å². The molecule has 2 aromatic carbocycles. The number of methoxy groups -OCH3 is 2. The highest BCUT2D eigenvalue weighted by Crippen LogP contribution is 2.32. The quantitative estimate of drug-likeness (QED) is 0.488. The topological polar surface area (TPSA) is 81.4 Å². The molecule has 28 heavy (non-hydrogen) atoms. The number of anilines is 3. The number of benzene rings is 2. The van der Waals surface area contributed by atoms with E-state index in [4.69, 9.17) is 13.9 Å². The van der Waals surface area contributed by atoms with Gasteiger partial charge in [-0.05, 0) is 36.4 Å². The molecule has 0 fully saturated rings. The number of para-hydroxylation sites is 1. The van der Waals surface area contributed by atoms with E-state index in [2.05, 4.69) is 20.6 Å². The van der Waals surface area contributed by atoms with Gasteiger partial charge in [-0.3, -0.25) is 0 Å². The lowest BCUT2D eigenvalue weighted by Gasteiger charge is -2.14. The van der Waals surface area contributed by atoms with Gasteiger partial charge in [-0.15, -0.1) is 0 Å². The molecule has 0 bridgehead atoms. The SMILES string of the molecule is COc1ccc(Nc2nc(NCc3ccco3)c3ccccc3n2)c(OC)c1. The third-order valence-electron chi connectivity index (χ3n) is 4.27. The normalized spacial score (nSPS) is 10.6. The van der Waals surface area contributed by atoms with Crippen LogP contribution in [0.5, 0.6) is 11.5 Å². The minimum atomic E-state index is 0.462. The van der Waals surface area contributed by atoms with Gasteiger partial charge in [0.05, 0.1) is 38.2 Å². The molecule has 7 nitrogen and oxygen atoms in total. The second kappa shape index (κ2) is 7.87. The molecule has 0 amide bonds. The Bertz CT molecular complexity index is 1080. The molecule has 0 saturated heterocycles. The van der Waals surface area contributed by atoms with Crippen LogP contribution in [0.2, 0.25) is 0 Å². The van der Waals surface area contributed by atoms with Crippen molar-refractivity contribution < 1.29 is 13.9 Å². The molecule has 0 radical (unpaired) electrons. The number of fused-ring (bicyclic) bond motifs is 1. The average molecular weight is 376 g/mol. The summed E-state index contributed by atoms with van der Waals surface area (Å²) in [7, 11) is 3.23. The second-order valence-electron chi connectivity index (χ2n) is 6.04. The number of rotatable bonds is 7. The predicted octanol–water partition coefficient (Wildman–Crippen LogP) is 4.60. The van der Waals surface area contributed by atoms with E-state index in [1.807, 2.05) is 48.5 Å². The van der Waals surface area contributed by atoms with Gasteiger partial charge in [0.1, 0.15) is 23.1 Å². The van der Waals surface area contributed by atoms with Gasteiger partial charge in [-0.2, -0.15) is 4.98 Å². The number of nitrogens with one attached hydrogen (secondary N) is 2. The first-order valence-corrected chi connectivity index (χ1v) is 8.79. The highest BCUT2D eigenvalue weighted by atomic mass is 16.5. The number of aromatic nitrogens is 2. The van der Waals surface area contributed by atoms with Gasteiger partial charge < -0.3 is 24.5 Å². The van der Waals surface area contributed by atoms with Crippen molar-refractivity contribution in [2.75, 3.05) is 24.9 Å². The summed E-state index contributed by atoms with van der Waals surface area (Å²) >= 11 is 0. The summed E-state index contributed by atoms with van der Waals surface area (Å²) < 4.78 is 16.1. The number of hydrogen-bond acceptors (Lipinski definition) is 7. The fourth-order valence-electron chi connectivity index (χ4n) is 2.87. The minimum absolute atomic E-state index is 0.462. The van der Waals surface area contributed by atoms with Gasteiger partial charge in [-0.1, -0.05) is 12.1 Å². The zero-order chi connectivity index (χ0) is 19.3. The van der Waals surface area contributed by atoms with E-state index in [9.17, 15) is 0 Å². The van der Waals surface area contributed by atoms with Crippen LogP contribution in [0.15, 0.2) is 65.3 Å². The lowest BCUT2D eigenvalue weighted by molar-refractivity contribution is 0.395. The fraction of sp³-hybridized carbons (Fsp3) is 0.143. The van der Waals surface area contributed by atoms with Crippen molar-refractivity contribution in [2.45, 2.75) is 6.54 Å². The van der Waals surface area contributed by atoms with Crippen LogP contribution < -0.4 is 20.1 Å². The number of nitrogens with zero attached hydrogens (tertiary/aromatic N) is 2. The molecule has 0 spiro atoms. The monoisotopic (exact) mass is 376 g/mol. The van der Waals surface area contributed by atoms with Crippen LogP contribution >= 0.6 is 0 Å². The van der Waals surface area contributed by atoms with Gasteiger partial charge in [0.2, 0.25) is 5.95 Å². The first-order chi connectivity index (χ1) is 13.8. The van der Waals surface area contributed by atoms with Crippen molar-refractivity contribution >= 4 is 28.4 Å². The molecule has 7 heteroatoms. The van der Waals surface area contributed by atoms with Crippen molar-refractivity contribution in [3.05, 3.63) is 66.6 Å². The van der Waals surface area contributed by atoms with E-state index in [0.29, 0.717) is 24.0 Å². The molecular formula is C21H20N4O3. The molecule has 4 rings (SSSR count). The Morgan fingerprint density at radius 3 is 2.64 bits per heavy atom. The minimum Gasteiger partial charge on any atom is -0.497 e. The summed E-state index contributed by atoms with van der Waals surface area (Å²) in [6, 6.07) is 17.1. The van der Waals surface area contributed by atoms with E-state index in [0.717, 1.165) is 28.2 Å². The van der Waals surface area contributed by atoms with Crippen LogP contribution in [-0.4, -0.2) is 24.2 Å². The second-order valence-corrected chi connectivity index (χ2v) is 6.04. The first kappa shape index (κ1) is 17.7. The Morgan fingerprint density at radius 2 is 1.86 bits per heavy atom. The molecule has 142 valence electrons. The Labute approximate surface area is 162 Å². The summed E-state index contributed by atoms with van der Waals surface area (Å²) in [5, 5.41) is 7.49. The van der Waals surface area contributed by atoms with Crippen LogP contribution in [0.4, 0.5) is 17.5 Å². The van der Waals surface area contributed by atoms with Crippen LogP contribution in [0.3, 0.4) is 0 Å². The number of ether oxygens (including phenoxy) is 2. The van der Waals surface area contributed by atoms with Crippen LogP contribution in [0.1, 0.15) is 5.76 Å². The van der Waals surface area contributed by atoms with E-state index < -0.39 is 0 Å². The lowest BCUT2D eigenvalue weighted by Crippen LogP contribution is -2.06. The van der Waals surface area contributed by atoms with Crippen molar-refractivity contribution in [2.24, 2.45) is 0 Å². The maximum atomic E-state index is 5.45. The van der Waals surface area contributed by atoms with E-state index >= 15 is 0 Å². The van der Waals surface area contributed by atoms with Gasteiger partial charge in [-0.25, -0.2) is 4.98 Å². The van der Waals surface area contributed by atoms with Gasteiger partial charge in [0, 0.05) is 11.5 Å². The Balaban J connectivity index is 1.67. The van der Waals surface area contributed by atoms with Gasteiger partial charge in [0.25, 0.3) is 0 Å². The maximum absolute atomic E-state index is 5.45. The fourth-order valence-corrected chi connectivity index (χ4v) is 2.87. The Kier molecular flexibility index (Phi) is 4.97. The third kappa shape index (κ3) is 3.68. The van der Waals surface area contributed by atoms with E-state index in [1.54, 1.807) is 26.5 Å². The first-order valence-electron chi connectivity index (χ1n) is 8.79. The molecule has 0 unspecified atom stereocenters. The predicted molar refractivity (Wildman–Crippen MR) is 108 cm³/mol. The molecule has 2 aromatic heterocycles. The van der Waals surface area contributed by atoms with Crippen molar-refractivity contribution in [1.29, 1.82) is 0 Å². The van der Waals surface area contributed by atoms with Gasteiger partial charge in [0.15, 0.2) is 0 Å². The van der Waals surface area contributed by atoms with Crippen LogP contribution in [-0.2, 0) is 6.54 Å². The lowest BCUT2D eigenvalue weighted by atomic mass is 10.2. The standard InChI is InChI=1S/C21H20N4O3/c1-26-14-9-10-18(19(12-14)27-2)24-21-23-17-8-4-3-7-16(17)20(25-21)22-13-15-6-5-11-28-15/h3-12H,13H2,1-2H3,(H2,22,23,24,25). The molecular weight excluding hydrogens is 356 g/mol. The van der Waals surface area contributed by atoms with Crippen molar-refractivity contribution in [3.8, 4) is 11.5 Å². The summed E-state index contributed by atoms with van der Waals surface area (Å²) in [6.45, 7) is 0.527. The number of hydrogen-bond donors (Lipinski definition) is 2.